The lowest BCUT2D eigenvalue weighted by Gasteiger charge is -2.07. The Hall–Kier alpha value is -2.17. The van der Waals surface area contributed by atoms with Crippen LogP contribution in [0.15, 0.2) is 30.6 Å². The molecule has 1 aromatic heterocycles. The Labute approximate surface area is 98.3 Å². The van der Waals surface area contributed by atoms with Gasteiger partial charge in [0.1, 0.15) is 12.9 Å². The average molecular weight is 233 g/mol. The molecule has 17 heavy (non-hydrogen) atoms. The second-order valence-corrected chi connectivity index (χ2v) is 3.61. The Morgan fingerprint density at radius 3 is 2.65 bits per heavy atom. The fraction of sp³-hybridized carbons (Fsp3) is 0.167. The quantitative estimate of drug-likeness (QED) is 0.824. The summed E-state index contributed by atoms with van der Waals surface area (Å²) in [5.74, 6) is -0.558. The highest BCUT2D eigenvalue weighted by Crippen LogP contribution is 2.16. The molecule has 4 nitrogen and oxygen atoms in total. The molecule has 0 spiro atoms. The molecule has 0 amide bonds. The second-order valence-electron chi connectivity index (χ2n) is 3.61. The largest absolute Gasteiger partial charge is 0.471 e. The summed E-state index contributed by atoms with van der Waals surface area (Å²) < 4.78 is 18.8. The first kappa shape index (κ1) is 11.3. The van der Waals surface area contributed by atoms with Gasteiger partial charge in [0, 0.05) is 5.69 Å². The lowest BCUT2D eigenvalue weighted by atomic mass is 10.2. The molecule has 2 N–H and O–H groups in total. The third-order valence-corrected chi connectivity index (χ3v) is 2.29. The highest BCUT2D eigenvalue weighted by atomic mass is 19.1. The highest BCUT2D eigenvalue weighted by Gasteiger charge is 2.08. The molecule has 1 heterocycles. The van der Waals surface area contributed by atoms with Crippen molar-refractivity contribution in [1.82, 2.24) is 9.97 Å². The van der Waals surface area contributed by atoms with Crippen molar-refractivity contribution in [2.75, 3.05) is 5.73 Å². The van der Waals surface area contributed by atoms with Gasteiger partial charge in [0.15, 0.2) is 0 Å². The summed E-state index contributed by atoms with van der Waals surface area (Å²) in [4.78, 5) is 7.46. The molecule has 1 aromatic carbocycles. The van der Waals surface area contributed by atoms with Gasteiger partial charge in [-0.1, -0.05) is 12.1 Å². The number of benzene rings is 1. The number of rotatable bonds is 3. The SMILES string of the molecule is Cc1ncnc(OCc2ccc(N)cc2)c1F. The Balaban J connectivity index is 2.07. The maximum absolute atomic E-state index is 13.5. The van der Waals surface area contributed by atoms with Gasteiger partial charge in [-0.25, -0.2) is 4.98 Å². The molecule has 0 atom stereocenters. The molecule has 0 fully saturated rings. The van der Waals surface area contributed by atoms with Crippen LogP contribution in [0.1, 0.15) is 11.3 Å². The van der Waals surface area contributed by atoms with Crippen molar-refractivity contribution < 1.29 is 9.13 Å². The van der Waals surface area contributed by atoms with Gasteiger partial charge in [-0.05, 0) is 24.6 Å². The summed E-state index contributed by atoms with van der Waals surface area (Å²) in [7, 11) is 0. The summed E-state index contributed by atoms with van der Waals surface area (Å²) in [5.41, 5.74) is 7.40. The minimum Gasteiger partial charge on any atom is -0.471 e. The van der Waals surface area contributed by atoms with Crippen LogP contribution in [0.5, 0.6) is 5.88 Å². The first-order valence-electron chi connectivity index (χ1n) is 5.11. The molecule has 0 bridgehead atoms. The average Bonchev–Trinajstić information content (AvgIpc) is 2.33. The zero-order chi connectivity index (χ0) is 12.3. The van der Waals surface area contributed by atoms with E-state index in [1.54, 1.807) is 19.1 Å². The lowest BCUT2D eigenvalue weighted by Crippen LogP contribution is -2.02. The highest BCUT2D eigenvalue weighted by molar-refractivity contribution is 5.39. The Morgan fingerprint density at radius 1 is 1.24 bits per heavy atom. The van der Waals surface area contributed by atoms with Crippen molar-refractivity contribution >= 4 is 5.69 Å². The first-order chi connectivity index (χ1) is 8.16. The molecule has 2 rings (SSSR count). The van der Waals surface area contributed by atoms with Crippen LogP contribution < -0.4 is 10.5 Å². The number of nitrogen functional groups attached to an aromatic ring is 1. The summed E-state index contributed by atoms with van der Waals surface area (Å²) in [6, 6.07) is 7.17. The zero-order valence-electron chi connectivity index (χ0n) is 9.35. The molecule has 0 aliphatic rings. The van der Waals surface area contributed by atoms with Crippen molar-refractivity contribution in [2.45, 2.75) is 13.5 Å². The number of aryl methyl sites for hydroxylation is 1. The van der Waals surface area contributed by atoms with Crippen molar-refractivity contribution in [2.24, 2.45) is 0 Å². The van der Waals surface area contributed by atoms with Crippen LogP contribution in [-0.4, -0.2) is 9.97 Å². The van der Waals surface area contributed by atoms with Crippen LogP contribution in [0.3, 0.4) is 0 Å². The third kappa shape index (κ3) is 2.69. The lowest BCUT2D eigenvalue weighted by molar-refractivity contribution is 0.275. The predicted octanol–water partition coefficient (Wildman–Crippen LogP) is 2.09. The van der Waals surface area contributed by atoms with E-state index >= 15 is 0 Å². The zero-order valence-corrected chi connectivity index (χ0v) is 9.35. The third-order valence-electron chi connectivity index (χ3n) is 2.29. The molecular formula is C12H12FN3O. The molecule has 88 valence electrons. The van der Waals surface area contributed by atoms with Crippen LogP contribution in [0.2, 0.25) is 0 Å². The van der Waals surface area contributed by atoms with E-state index in [1.807, 2.05) is 12.1 Å². The fourth-order valence-corrected chi connectivity index (χ4v) is 1.30. The maximum atomic E-state index is 13.5. The molecule has 0 aliphatic carbocycles. The summed E-state index contributed by atoms with van der Waals surface area (Å²) in [5, 5.41) is 0. The van der Waals surface area contributed by atoms with Gasteiger partial charge in [-0.15, -0.1) is 0 Å². The van der Waals surface area contributed by atoms with Crippen molar-refractivity contribution in [3.8, 4) is 5.88 Å². The van der Waals surface area contributed by atoms with Crippen molar-refractivity contribution in [3.05, 3.63) is 47.7 Å². The molecular weight excluding hydrogens is 221 g/mol. The predicted molar refractivity (Wildman–Crippen MR) is 61.9 cm³/mol. The van der Waals surface area contributed by atoms with E-state index in [1.165, 1.54) is 6.33 Å². The Kier molecular flexibility index (Phi) is 3.18. The minimum atomic E-state index is -0.525. The van der Waals surface area contributed by atoms with Crippen molar-refractivity contribution in [1.29, 1.82) is 0 Å². The first-order valence-corrected chi connectivity index (χ1v) is 5.11. The van der Waals surface area contributed by atoms with Crippen molar-refractivity contribution in [3.63, 3.8) is 0 Å². The number of anilines is 1. The minimum absolute atomic E-state index is 0.0330. The number of halogens is 1. The van der Waals surface area contributed by atoms with Crippen LogP contribution >= 0.6 is 0 Å². The Morgan fingerprint density at radius 2 is 1.94 bits per heavy atom. The molecule has 0 radical (unpaired) electrons. The maximum Gasteiger partial charge on any atom is 0.254 e. The van der Waals surface area contributed by atoms with E-state index in [-0.39, 0.29) is 18.2 Å². The molecule has 2 aromatic rings. The van der Waals surface area contributed by atoms with Gasteiger partial charge in [-0.2, -0.15) is 9.37 Å². The van der Waals surface area contributed by atoms with Gasteiger partial charge < -0.3 is 10.5 Å². The summed E-state index contributed by atoms with van der Waals surface area (Å²) >= 11 is 0. The van der Waals surface area contributed by atoms with E-state index in [0.29, 0.717) is 5.69 Å². The number of hydrogen-bond acceptors (Lipinski definition) is 4. The van der Waals surface area contributed by atoms with Gasteiger partial charge in [-0.3, -0.25) is 0 Å². The summed E-state index contributed by atoms with van der Waals surface area (Å²) in [6.45, 7) is 1.81. The molecule has 0 saturated heterocycles. The number of nitrogens with two attached hydrogens (primary N) is 1. The topological polar surface area (TPSA) is 61.0 Å². The number of hydrogen-bond donors (Lipinski definition) is 1. The van der Waals surface area contributed by atoms with Gasteiger partial charge in [0.2, 0.25) is 5.82 Å². The summed E-state index contributed by atoms with van der Waals surface area (Å²) in [6.07, 6.45) is 1.27. The standard InChI is InChI=1S/C12H12FN3O/c1-8-11(13)12(16-7-15-8)17-6-9-2-4-10(14)5-3-9/h2-5,7H,6,14H2,1H3. The van der Waals surface area contributed by atoms with Crippen LogP contribution in [0.25, 0.3) is 0 Å². The van der Waals surface area contributed by atoms with Crippen LogP contribution in [0, 0.1) is 12.7 Å². The number of ether oxygens (including phenoxy) is 1. The van der Waals surface area contributed by atoms with Gasteiger partial charge in [0.25, 0.3) is 5.88 Å². The van der Waals surface area contributed by atoms with E-state index in [9.17, 15) is 4.39 Å². The fourth-order valence-electron chi connectivity index (χ4n) is 1.30. The number of nitrogens with zero attached hydrogens (tertiary/aromatic N) is 2. The second kappa shape index (κ2) is 4.78. The molecule has 0 aliphatic heterocycles. The molecule has 5 heteroatoms. The van der Waals surface area contributed by atoms with Crippen LogP contribution in [0.4, 0.5) is 10.1 Å². The van der Waals surface area contributed by atoms with E-state index < -0.39 is 5.82 Å². The monoisotopic (exact) mass is 233 g/mol. The molecule has 0 saturated carbocycles. The van der Waals surface area contributed by atoms with E-state index in [0.717, 1.165) is 5.56 Å². The van der Waals surface area contributed by atoms with E-state index in [4.69, 9.17) is 10.5 Å². The van der Waals surface area contributed by atoms with Crippen LogP contribution in [-0.2, 0) is 6.61 Å². The number of aromatic nitrogens is 2. The normalized spacial score (nSPS) is 10.2. The van der Waals surface area contributed by atoms with Gasteiger partial charge >= 0.3 is 0 Å². The smallest absolute Gasteiger partial charge is 0.254 e. The molecule has 0 unspecified atom stereocenters. The van der Waals surface area contributed by atoms with Gasteiger partial charge in [0.05, 0.1) is 5.69 Å². The van der Waals surface area contributed by atoms with E-state index in [2.05, 4.69) is 9.97 Å². The Bertz CT molecular complexity index is 514.